The zero-order valence-corrected chi connectivity index (χ0v) is 12.9. The van der Waals surface area contributed by atoms with Gasteiger partial charge in [-0.05, 0) is 49.8 Å². The molecule has 0 amide bonds. The van der Waals surface area contributed by atoms with Crippen LogP contribution >= 0.6 is 0 Å². The van der Waals surface area contributed by atoms with Crippen molar-refractivity contribution < 1.29 is 9.84 Å². The SMILES string of the molecule is CC(C)COc1ccc(C(C)NC2(CO)CCC2)cc1. The lowest BCUT2D eigenvalue weighted by molar-refractivity contribution is 0.0787. The highest BCUT2D eigenvalue weighted by Gasteiger charge is 2.37. The number of ether oxygens (including phenoxy) is 1. The van der Waals surface area contributed by atoms with Crippen molar-refractivity contribution in [3.05, 3.63) is 29.8 Å². The summed E-state index contributed by atoms with van der Waals surface area (Å²) in [6.07, 6.45) is 3.36. The van der Waals surface area contributed by atoms with Crippen LogP contribution in [-0.2, 0) is 0 Å². The van der Waals surface area contributed by atoms with E-state index in [1.807, 2.05) is 12.1 Å². The van der Waals surface area contributed by atoms with E-state index in [1.54, 1.807) is 0 Å². The molecule has 0 aliphatic heterocycles. The van der Waals surface area contributed by atoms with Crippen LogP contribution in [0.2, 0.25) is 0 Å². The van der Waals surface area contributed by atoms with Crippen molar-refractivity contribution in [2.45, 2.75) is 51.6 Å². The van der Waals surface area contributed by atoms with Gasteiger partial charge in [0, 0.05) is 11.6 Å². The number of aliphatic hydroxyl groups excluding tert-OH is 1. The summed E-state index contributed by atoms with van der Waals surface area (Å²) < 4.78 is 5.70. The lowest BCUT2D eigenvalue weighted by Gasteiger charge is -2.43. The van der Waals surface area contributed by atoms with Crippen molar-refractivity contribution in [3.8, 4) is 5.75 Å². The first-order valence-electron chi connectivity index (χ1n) is 7.66. The van der Waals surface area contributed by atoms with Gasteiger partial charge in [-0.2, -0.15) is 0 Å². The zero-order chi connectivity index (χ0) is 14.6. The fraction of sp³-hybridized carbons (Fsp3) is 0.647. The lowest BCUT2D eigenvalue weighted by atomic mass is 9.76. The van der Waals surface area contributed by atoms with E-state index in [2.05, 4.69) is 38.2 Å². The molecule has 0 heterocycles. The molecule has 3 heteroatoms. The third kappa shape index (κ3) is 3.74. The molecular formula is C17H27NO2. The van der Waals surface area contributed by atoms with Crippen molar-refractivity contribution >= 4 is 0 Å². The molecule has 0 aromatic heterocycles. The monoisotopic (exact) mass is 277 g/mol. The second kappa shape index (κ2) is 6.59. The summed E-state index contributed by atoms with van der Waals surface area (Å²) in [5, 5.41) is 13.1. The van der Waals surface area contributed by atoms with Gasteiger partial charge in [0.2, 0.25) is 0 Å². The molecule has 1 fully saturated rings. The Kier molecular flexibility index (Phi) is 5.06. The van der Waals surface area contributed by atoms with E-state index in [0.717, 1.165) is 25.2 Å². The summed E-state index contributed by atoms with van der Waals surface area (Å²) in [4.78, 5) is 0. The molecule has 0 saturated heterocycles. The quantitative estimate of drug-likeness (QED) is 0.803. The van der Waals surface area contributed by atoms with Crippen LogP contribution in [-0.4, -0.2) is 23.9 Å². The molecule has 20 heavy (non-hydrogen) atoms. The van der Waals surface area contributed by atoms with Crippen LogP contribution in [0.3, 0.4) is 0 Å². The molecule has 1 aromatic rings. The maximum atomic E-state index is 9.52. The van der Waals surface area contributed by atoms with Gasteiger partial charge < -0.3 is 15.2 Å². The van der Waals surface area contributed by atoms with Gasteiger partial charge in [-0.1, -0.05) is 26.0 Å². The smallest absolute Gasteiger partial charge is 0.119 e. The Labute approximate surface area is 122 Å². The second-order valence-electron chi connectivity index (χ2n) is 6.43. The number of nitrogens with one attached hydrogen (secondary N) is 1. The van der Waals surface area contributed by atoms with E-state index in [0.29, 0.717) is 5.92 Å². The molecule has 2 N–H and O–H groups in total. The van der Waals surface area contributed by atoms with E-state index >= 15 is 0 Å². The van der Waals surface area contributed by atoms with E-state index in [9.17, 15) is 5.11 Å². The summed E-state index contributed by atoms with van der Waals surface area (Å²) >= 11 is 0. The van der Waals surface area contributed by atoms with Gasteiger partial charge in [-0.15, -0.1) is 0 Å². The van der Waals surface area contributed by atoms with E-state index in [4.69, 9.17) is 4.74 Å². The normalized spacial score (nSPS) is 18.6. The molecule has 0 spiro atoms. The molecule has 0 radical (unpaired) electrons. The summed E-state index contributed by atoms with van der Waals surface area (Å²) in [6.45, 7) is 7.42. The number of benzene rings is 1. The van der Waals surface area contributed by atoms with Crippen molar-refractivity contribution in [1.82, 2.24) is 5.32 Å². The van der Waals surface area contributed by atoms with Crippen molar-refractivity contribution in [2.24, 2.45) is 5.92 Å². The Hall–Kier alpha value is -1.06. The van der Waals surface area contributed by atoms with Crippen LogP contribution in [0.5, 0.6) is 5.75 Å². The molecule has 0 bridgehead atoms. The molecular weight excluding hydrogens is 250 g/mol. The van der Waals surface area contributed by atoms with Crippen LogP contribution in [0.1, 0.15) is 51.6 Å². The highest BCUT2D eigenvalue weighted by atomic mass is 16.5. The lowest BCUT2D eigenvalue weighted by Crippen LogP contribution is -2.54. The minimum absolute atomic E-state index is 0.0494. The minimum atomic E-state index is -0.0494. The largest absolute Gasteiger partial charge is 0.493 e. The van der Waals surface area contributed by atoms with Crippen LogP contribution < -0.4 is 10.1 Å². The maximum absolute atomic E-state index is 9.52. The molecule has 1 atom stereocenters. The third-order valence-electron chi connectivity index (χ3n) is 4.10. The van der Waals surface area contributed by atoms with E-state index < -0.39 is 0 Å². The van der Waals surface area contributed by atoms with Crippen molar-refractivity contribution in [2.75, 3.05) is 13.2 Å². The Morgan fingerprint density at radius 2 is 1.85 bits per heavy atom. The Bertz CT molecular complexity index is 404. The van der Waals surface area contributed by atoms with E-state index in [1.165, 1.54) is 12.0 Å². The van der Waals surface area contributed by atoms with Gasteiger partial charge in [-0.3, -0.25) is 0 Å². The van der Waals surface area contributed by atoms with Crippen LogP contribution in [0.4, 0.5) is 0 Å². The van der Waals surface area contributed by atoms with Gasteiger partial charge >= 0.3 is 0 Å². The Balaban J connectivity index is 1.91. The third-order valence-corrected chi connectivity index (χ3v) is 4.10. The van der Waals surface area contributed by atoms with Crippen LogP contribution in [0.15, 0.2) is 24.3 Å². The average molecular weight is 277 g/mol. The second-order valence-corrected chi connectivity index (χ2v) is 6.43. The van der Waals surface area contributed by atoms with Crippen LogP contribution in [0, 0.1) is 5.92 Å². The molecule has 112 valence electrons. The summed E-state index contributed by atoms with van der Waals surface area (Å²) in [6, 6.07) is 8.53. The predicted molar refractivity (Wildman–Crippen MR) is 82.0 cm³/mol. The molecule has 2 rings (SSSR count). The van der Waals surface area contributed by atoms with Crippen LogP contribution in [0.25, 0.3) is 0 Å². The maximum Gasteiger partial charge on any atom is 0.119 e. The van der Waals surface area contributed by atoms with Gasteiger partial charge in [-0.25, -0.2) is 0 Å². The Morgan fingerprint density at radius 3 is 2.30 bits per heavy atom. The summed E-state index contributed by atoms with van der Waals surface area (Å²) in [5.74, 6) is 1.47. The van der Waals surface area contributed by atoms with Crippen molar-refractivity contribution in [3.63, 3.8) is 0 Å². The Morgan fingerprint density at radius 1 is 1.20 bits per heavy atom. The number of rotatable bonds is 7. The topological polar surface area (TPSA) is 41.5 Å². The fourth-order valence-electron chi connectivity index (χ4n) is 2.61. The molecule has 1 aliphatic carbocycles. The first-order valence-corrected chi connectivity index (χ1v) is 7.66. The zero-order valence-electron chi connectivity index (χ0n) is 12.9. The summed E-state index contributed by atoms with van der Waals surface area (Å²) in [5.41, 5.74) is 1.19. The first kappa shape index (κ1) is 15.3. The predicted octanol–water partition coefficient (Wildman–Crippen LogP) is 3.29. The fourth-order valence-corrected chi connectivity index (χ4v) is 2.61. The van der Waals surface area contributed by atoms with Gasteiger partial charge in [0.05, 0.1) is 13.2 Å². The minimum Gasteiger partial charge on any atom is -0.493 e. The number of hydrogen-bond donors (Lipinski definition) is 2. The summed E-state index contributed by atoms with van der Waals surface area (Å²) in [7, 11) is 0. The van der Waals surface area contributed by atoms with Crippen molar-refractivity contribution in [1.29, 1.82) is 0 Å². The van der Waals surface area contributed by atoms with Gasteiger partial charge in [0.25, 0.3) is 0 Å². The standard InChI is InChI=1S/C17H27NO2/c1-13(2)11-20-16-7-5-15(6-8-16)14(3)18-17(12-19)9-4-10-17/h5-8,13-14,18-19H,4,9-12H2,1-3H3. The average Bonchev–Trinajstić information content (AvgIpc) is 2.41. The van der Waals surface area contributed by atoms with E-state index in [-0.39, 0.29) is 18.2 Å². The molecule has 1 aliphatic rings. The molecule has 1 saturated carbocycles. The number of aliphatic hydroxyl groups is 1. The highest BCUT2D eigenvalue weighted by Crippen LogP contribution is 2.34. The van der Waals surface area contributed by atoms with Gasteiger partial charge in [0.15, 0.2) is 0 Å². The molecule has 3 nitrogen and oxygen atoms in total. The van der Waals surface area contributed by atoms with Gasteiger partial charge in [0.1, 0.15) is 5.75 Å². The first-order chi connectivity index (χ1) is 9.54. The molecule has 1 aromatic carbocycles. The molecule has 1 unspecified atom stereocenters. The highest BCUT2D eigenvalue weighted by molar-refractivity contribution is 5.29. The number of hydrogen-bond acceptors (Lipinski definition) is 3.